The molecule has 0 heterocycles. The standard InChI is InChI=1S/C8H8ClF7/c1-2-5(10,11)8(15,16)4-3-6(12,13)7(4,9)14/h4H,2-3H2,1H3. The minimum Gasteiger partial charge on any atom is -0.219 e. The first kappa shape index (κ1) is 13.9. The molecule has 0 amide bonds. The SMILES string of the molecule is CCC(F)(F)C(F)(F)C1CC(F)(F)C1(F)Cl. The van der Waals surface area contributed by atoms with E-state index in [0.29, 0.717) is 0 Å². The smallest absolute Gasteiger partial charge is 0.219 e. The van der Waals surface area contributed by atoms with E-state index in [-0.39, 0.29) is 0 Å². The highest BCUT2D eigenvalue weighted by Gasteiger charge is 2.80. The molecule has 1 saturated carbocycles. The molecule has 0 aromatic heterocycles. The first-order valence-corrected chi connectivity index (χ1v) is 4.79. The van der Waals surface area contributed by atoms with Gasteiger partial charge in [0.2, 0.25) is 0 Å². The van der Waals surface area contributed by atoms with Crippen molar-refractivity contribution in [3.63, 3.8) is 0 Å². The van der Waals surface area contributed by atoms with Crippen LogP contribution in [0.1, 0.15) is 19.8 Å². The third-order valence-electron chi connectivity index (χ3n) is 2.76. The quantitative estimate of drug-likeness (QED) is 0.533. The molecule has 16 heavy (non-hydrogen) atoms. The summed E-state index contributed by atoms with van der Waals surface area (Å²) in [7, 11) is 0. The van der Waals surface area contributed by atoms with Gasteiger partial charge in [0.05, 0.1) is 5.92 Å². The molecule has 2 unspecified atom stereocenters. The molecule has 1 aliphatic carbocycles. The summed E-state index contributed by atoms with van der Waals surface area (Å²) < 4.78 is 89.7. The van der Waals surface area contributed by atoms with E-state index in [1.807, 2.05) is 0 Å². The van der Waals surface area contributed by atoms with Crippen molar-refractivity contribution in [2.24, 2.45) is 5.92 Å². The summed E-state index contributed by atoms with van der Waals surface area (Å²) in [6.07, 6.45) is -2.97. The van der Waals surface area contributed by atoms with Gasteiger partial charge in [-0.05, 0) is 0 Å². The summed E-state index contributed by atoms with van der Waals surface area (Å²) in [6, 6.07) is 0. The minimum absolute atomic E-state index is 0.749. The van der Waals surface area contributed by atoms with Gasteiger partial charge in [-0.25, -0.2) is 13.2 Å². The number of halogens is 8. The van der Waals surface area contributed by atoms with Crippen LogP contribution in [0.3, 0.4) is 0 Å². The molecule has 0 spiro atoms. The molecule has 0 aromatic rings. The van der Waals surface area contributed by atoms with E-state index in [1.165, 1.54) is 0 Å². The van der Waals surface area contributed by atoms with E-state index >= 15 is 0 Å². The van der Waals surface area contributed by atoms with Crippen LogP contribution < -0.4 is 0 Å². The van der Waals surface area contributed by atoms with Crippen LogP contribution in [-0.2, 0) is 0 Å². The molecule has 8 heteroatoms. The molecule has 1 fully saturated rings. The van der Waals surface area contributed by atoms with Crippen LogP contribution in [0.4, 0.5) is 30.7 Å². The van der Waals surface area contributed by atoms with Crippen LogP contribution in [0.15, 0.2) is 0 Å². The van der Waals surface area contributed by atoms with Crippen molar-refractivity contribution >= 4 is 11.6 Å². The molecular weight excluding hydrogens is 265 g/mol. The number of alkyl halides is 8. The summed E-state index contributed by atoms with van der Waals surface area (Å²) in [5.74, 6) is -16.5. The van der Waals surface area contributed by atoms with Crippen molar-refractivity contribution in [3.05, 3.63) is 0 Å². The van der Waals surface area contributed by atoms with Crippen LogP contribution >= 0.6 is 11.6 Å². The largest absolute Gasteiger partial charge is 0.317 e. The van der Waals surface area contributed by atoms with Gasteiger partial charge in [-0.2, -0.15) is 17.6 Å². The maximum Gasteiger partial charge on any atom is 0.317 e. The number of rotatable bonds is 3. The van der Waals surface area contributed by atoms with Crippen molar-refractivity contribution < 1.29 is 30.7 Å². The van der Waals surface area contributed by atoms with Crippen molar-refractivity contribution in [1.29, 1.82) is 0 Å². The Morgan fingerprint density at radius 3 is 1.88 bits per heavy atom. The first-order chi connectivity index (χ1) is 6.90. The highest BCUT2D eigenvalue weighted by molar-refractivity contribution is 6.24. The van der Waals surface area contributed by atoms with Gasteiger partial charge < -0.3 is 0 Å². The predicted molar refractivity (Wildman–Crippen MR) is 42.9 cm³/mol. The zero-order valence-corrected chi connectivity index (χ0v) is 8.77. The van der Waals surface area contributed by atoms with Crippen LogP contribution in [0.5, 0.6) is 0 Å². The zero-order chi connectivity index (χ0) is 13.0. The molecule has 0 nitrogen and oxygen atoms in total. The van der Waals surface area contributed by atoms with Crippen LogP contribution in [0.2, 0.25) is 0 Å². The average Bonchev–Trinajstić information content (AvgIpc) is 2.13. The second-order valence-corrected chi connectivity index (χ2v) is 4.32. The van der Waals surface area contributed by atoms with Gasteiger partial charge in [-0.3, -0.25) is 0 Å². The van der Waals surface area contributed by atoms with Gasteiger partial charge in [0.15, 0.2) is 0 Å². The van der Waals surface area contributed by atoms with Crippen molar-refractivity contribution in [2.45, 2.75) is 42.7 Å². The lowest BCUT2D eigenvalue weighted by molar-refractivity contribution is -0.321. The molecule has 0 saturated heterocycles. The van der Waals surface area contributed by atoms with E-state index in [1.54, 1.807) is 0 Å². The Balaban J connectivity index is 2.98. The van der Waals surface area contributed by atoms with Gasteiger partial charge in [0, 0.05) is 12.8 Å². The highest BCUT2D eigenvalue weighted by Crippen LogP contribution is 2.64. The zero-order valence-electron chi connectivity index (χ0n) is 8.02. The normalized spacial score (nSPS) is 34.7. The third kappa shape index (κ3) is 1.58. The molecule has 0 bridgehead atoms. The van der Waals surface area contributed by atoms with Crippen molar-refractivity contribution in [2.75, 3.05) is 0 Å². The Kier molecular flexibility index (Phi) is 2.94. The topological polar surface area (TPSA) is 0 Å². The molecule has 1 rings (SSSR count). The Hall–Kier alpha value is -0.200. The third-order valence-corrected chi connectivity index (χ3v) is 3.30. The van der Waals surface area contributed by atoms with Crippen molar-refractivity contribution in [1.82, 2.24) is 0 Å². The average molecular weight is 273 g/mol. The Bertz CT molecular complexity index is 286. The van der Waals surface area contributed by atoms with Gasteiger partial charge in [-0.1, -0.05) is 18.5 Å². The molecule has 1 aliphatic rings. The van der Waals surface area contributed by atoms with Gasteiger partial charge in [0.1, 0.15) is 0 Å². The van der Waals surface area contributed by atoms with Gasteiger partial charge in [0.25, 0.3) is 11.1 Å². The Morgan fingerprint density at radius 2 is 1.62 bits per heavy atom. The van der Waals surface area contributed by atoms with Gasteiger partial charge >= 0.3 is 11.8 Å². The summed E-state index contributed by atoms with van der Waals surface area (Å²) in [4.78, 5) is 0. The predicted octanol–water partition coefficient (Wildman–Crippen LogP) is 4.23. The summed E-state index contributed by atoms with van der Waals surface area (Å²) in [6.45, 7) is 0.749. The molecule has 0 aromatic carbocycles. The van der Waals surface area contributed by atoms with E-state index in [0.717, 1.165) is 6.92 Å². The molecule has 2 atom stereocenters. The fourth-order valence-corrected chi connectivity index (χ4v) is 1.78. The first-order valence-electron chi connectivity index (χ1n) is 4.41. The summed E-state index contributed by atoms with van der Waals surface area (Å²) in [5.41, 5.74) is 0. The lowest BCUT2D eigenvalue weighted by Gasteiger charge is -2.49. The number of hydrogen-bond acceptors (Lipinski definition) is 0. The summed E-state index contributed by atoms with van der Waals surface area (Å²) >= 11 is 4.58. The Labute approximate surface area is 91.8 Å². The Morgan fingerprint density at radius 1 is 1.19 bits per heavy atom. The molecule has 0 radical (unpaired) electrons. The lowest BCUT2D eigenvalue weighted by Crippen LogP contribution is -2.67. The maximum absolute atomic E-state index is 13.1. The van der Waals surface area contributed by atoms with E-state index in [9.17, 15) is 30.7 Å². The highest BCUT2D eigenvalue weighted by atomic mass is 35.5. The number of hydrogen-bond donors (Lipinski definition) is 0. The molecule has 0 aliphatic heterocycles. The van der Waals surface area contributed by atoms with E-state index < -0.39 is 41.7 Å². The molecular formula is C8H8ClF7. The van der Waals surface area contributed by atoms with E-state index in [4.69, 9.17) is 0 Å². The fourth-order valence-electron chi connectivity index (χ4n) is 1.49. The van der Waals surface area contributed by atoms with Crippen LogP contribution in [0, 0.1) is 5.92 Å². The minimum atomic E-state index is -4.89. The monoisotopic (exact) mass is 272 g/mol. The van der Waals surface area contributed by atoms with Crippen LogP contribution in [0.25, 0.3) is 0 Å². The molecule has 96 valence electrons. The lowest BCUT2D eigenvalue weighted by atomic mass is 9.72. The second-order valence-electron chi connectivity index (χ2n) is 3.77. The van der Waals surface area contributed by atoms with E-state index in [2.05, 4.69) is 11.6 Å². The van der Waals surface area contributed by atoms with Crippen LogP contribution in [-0.4, -0.2) is 22.9 Å². The van der Waals surface area contributed by atoms with Gasteiger partial charge in [-0.15, -0.1) is 0 Å². The maximum atomic E-state index is 13.1. The molecule has 0 N–H and O–H groups in total. The second kappa shape index (κ2) is 3.40. The van der Waals surface area contributed by atoms with Crippen molar-refractivity contribution in [3.8, 4) is 0 Å². The fraction of sp³-hybridized carbons (Fsp3) is 1.00. The summed E-state index contributed by atoms with van der Waals surface area (Å²) in [5, 5.41) is -4.12.